The number of hydrogen-bond donors (Lipinski definition) is 0. The molecule has 1 atom stereocenters. The highest BCUT2D eigenvalue weighted by Crippen LogP contribution is 2.36. The summed E-state index contributed by atoms with van der Waals surface area (Å²) >= 11 is 1.15. The zero-order valence-corrected chi connectivity index (χ0v) is 13.4. The van der Waals surface area contributed by atoms with E-state index in [0.29, 0.717) is 16.9 Å². The van der Waals surface area contributed by atoms with E-state index in [1.807, 2.05) is 37.3 Å². The van der Waals surface area contributed by atoms with Crippen molar-refractivity contribution >= 4 is 17.7 Å². The van der Waals surface area contributed by atoms with Crippen molar-refractivity contribution in [2.24, 2.45) is 0 Å². The van der Waals surface area contributed by atoms with Gasteiger partial charge in [0.05, 0.1) is 18.9 Å². The smallest absolute Gasteiger partial charge is 0.323 e. The standard InChI is InChI=1S/C16H14N2O4S/c1-10-12(8-9-21-10)14-17-18-16(22-14)23-13(15(19)20-2)11-6-4-3-5-7-11/h3-9,13H,1-2H3. The number of aromatic nitrogens is 2. The first-order valence-corrected chi connectivity index (χ1v) is 7.74. The van der Waals surface area contributed by atoms with Gasteiger partial charge in [0.2, 0.25) is 0 Å². The summed E-state index contributed by atoms with van der Waals surface area (Å²) in [5.74, 6) is 0.675. The minimum atomic E-state index is -0.569. The number of methoxy groups -OCH3 is 1. The van der Waals surface area contributed by atoms with Crippen LogP contribution in [0.15, 0.2) is 56.7 Å². The highest BCUT2D eigenvalue weighted by atomic mass is 32.2. The van der Waals surface area contributed by atoms with Gasteiger partial charge in [-0.3, -0.25) is 4.79 Å². The number of hydrogen-bond acceptors (Lipinski definition) is 7. The van der Waals surface area contributed by atoms with Crippen LogP contribution < -0.4 is 0 Å². The zero-order chi connectivity index (χ0) is 16.2. The lowest BCUT2D eigenvalue weighted by atomic mass is 10.1. The molecule has 118 valence electrons. The number of thioether (sulfide) groups is 1. The van der Waals surface area contributed by atoms with E-state index in [4.69, 9.17) is 13.6 Å². The van der Waals surface area contributed by atoms with Gasteiger partial charge in [0.1, 0.15) is 11.0 Å². The van der Waals surface area contributed by atoms with Crippen molar-refractivity contribution in [1.29, 1.82) is 0 Å². The molecule has 0 aliphatic carbocycles. The second-order valence-corrected chi connectivity index (χ2v) is 5.75. The summed E-state index contributed by atoms with van der Waals surface area (Å²) in [6, 6.07) is 11.1. The molecule has 0 radical (unpaired) electrons. The first-order valence-electron chi connectivity index (χ1n) is 6.86. The van der Waals surface area contributed by atoms with Crippen LogP contribution in [-0.4, -0.2) is 23.3 Å². The van der Waals surface area contributed by atoms with Crippen LogP contribution in [-0.2, 0) is 9.53 Å². The molecule has 23 heavy (non-hydrogen) atoms. The SMILES string of the molecule is COC(=O)C(Sc1nnc(-c2ccoc2C)o1)c1ccccc1. The van der Waals surface area contributed by atoms with Crippen molar-refractivity contribution in [2.45, 2.75) is 17.4 Å². The Morgan fingerprint density at radius 2 is 2.00 bits per heavy atom. The maximum absolute atomic E-state index is 12.1. The van der Waals surface area contributed by atoms with Gasteiger partial charge in [-0.05, 0) is 30.3 Å². The van der Waals surface area contributed by atoms with Crippen LogP contribution >= 0.6 is 11.8 Å². The summed E-state index contributed by atoms with van der Waals surface area (Å²) in [7, 11) is 1.35. The third-order valence-corrected chi connectivity index (χ3v) is 4.30. The number of ether oxygens (including phenoxy) is 1. The summed E-state index contributed by atoms with van der Waals surface area (Å²) in [4.78, 5) is 12.1. The monoisotopic (exact) mass is 330 g/mol. The molecular formula is C16H14N2O4S. The summed E-state index contributed by atoms with van der Waals surface area (Å²) in [5, 5.41) is 7.72. The van der Waals surface area contributed by atoms with Crippen LogP contribution in [0.3, 0.4) is 0 Å². The van der Waals surface area contributed by atoms with Gasteiger partial charge in [0.15, 0.2) is 0 Å². The fourth-order valence-corrected chi connectivity index (χ4v) is 2.96. The normalized spacial score (nSPS) is 12.1. The van der Waals surface area contributed by atoms with Gasteiger partial charge in [-0.1, -0.05) is 30.3 Å². The lowest BCUT2D eigenvalue weighted by Gasteiger charge is -2.11. The maximum Gasteiger partial charge on any atom is 0.323 e. The molecule has 7 heteroatoms. The Morgan fingerprint density at radius 3 is 2.65 bits per heavy atom. The minimum Gasteiger partial charge on any atom is -0.469 e. The molecule has 0 saturated carbocycles. The van der Waals surface area contributed by atoms with Crippen molar-refractivity contribution < 1.29 is 18.4 Å². The molecule has 3 rings (SSSR count). The summed E-state index contributed by atoms with van der Waals surface area (Å²) in [6.07, 6.45) is 1.56. The molecule has 0 spiro atoms. The Bertz CT molecular complexity index is 797. The van der Waals surface area contributed by atoms with E-state index in [1.165, 1.54) is 7.11 Å². The Balaban J connectivity index is 1.85. The van der Waals surface area contributed by atoms with E-state index in [9.17, 15) is 4.79 Å². The second-order valence-electron chi connectivity index (χ2n) is 4.70. The first kappa shape index (κ1) is 15.4. The molecule has 2 aromatic heterocycles. The Kier molecular flexibility index (Phi) is 4.47. The van der Waals surface area contributed by atoms with E-state index < -0.39 is 5.25 Å². The molecule has 6 nitrogen and oxygen atoms in total. The van der Waals surface area contributed by atoms with Gasteiger partial charge in [-0.2, -0.15) is 0 Å². The highest BCUT2D eigenvalue weighted by molar-refractivity contribution is 8.00. The van der Waals surface area contributed by atoms with Crippen LogP contribution in [0.5, 0.6) is 0 Å². The van der Waals surface area contributed by atoms with Crippen LogP contribution in [0, 0.1) is 6.92 Å². The molecule has 3 aromatic rings. The van der Waals surface area contributed by atoms with Crippen molar-refractivity contribution in [1.82, 2.24) is 10.2 Å². The average molecular weight is 330 g/mol. The summed E-state index contributed by atoms with van der Waals surface area (Å²) in [6.45, 7) is 1.81. The molecule has 0 bridgehead atoms. The zero-order valence-electron chi connectivity index (χ0n) is 12.6. The van der Waals surface area contributed by atoms with E-state index >= 15 is 0 Å². The van der Waals surface area contributed by atoms with Crippen molar-refractivity contribution in [3.05, 3.63) is 54.0 Å². The van der Waals surface area contributed by atoms with E-state index in [-0.39, 0.29) is 5.97 Å². The van der Waals surface area contributed by atoms with Gasteiger partial charge < -0.3 is 13.6 Å². The molecule has 1 unspecified atom stereocenters. The fraction of sp³-hybridized carbons (Fsp3) is 0.188. The lowest BCUT2D eigenvalue weighted by Crippen LogP contribution is -2.11. The number of aryl methyl sites for hydroxylation is 1. The lowest BCUT2D eigenvalue weighted by molar-refractivity contribution is -0.140. The third-order valence-electron chi connectivity index (χ3n) is 3.23. The maximum atomic E-state index is 12.1. The van der Waals surface area contributed by atoms with Crippen LogP contribution in [0.1, 0.15) is 16.6 Å². The van der Waals surface area contributed by atoms with Crippen molar-refractivity contribution in [3.8, 4) is 11.5 Å². The molecule has 0 amide bonds. The number of carbonyl (C=O) groups is 1. The largest absolute Gasteiger partial charge is 0.469 e. The number of carbonyl (C=O) groups excluding carboxylic acids is 1. The quantitative estimate of drug-likeness (QED) is 0.522. The van der Waals surface area contributed by atoms with Gasteiger partial charge in [0, 0.05) is 0 Å². The minimum absolute atomic E-state index is 0.292. The molecule has 0 saturated heterocycles. The number of rotatable bonds is 5. The second kappa shape index (κ2) is 6.70. The first-order chi connectivity index (χ1) is 11.2. The molecule has 1 aromatic carbocycles. The molecule has 2 heterocycles. The Morgan fingerprint density at radius 1 is 1.22 bits per heavy atom. The van der Waals surface area contributed by atoms with Gasteiger partial charge in [0.25, 0.3) is 11.1 Å². The molecule has 0 fully saturated rings. The van der Waals surface area contributed by atoms with Gasteiger partial charge in [-0.25, -0.2) is 0 Å². The average Bonchev–Trinajstić information content (AvgIpc) is 3.21. The van der Waals surface area contributed by atoms with Crippen LogP contribution in [0.2, 0.25) is 0 Å². The number of furan rings is 1. The molecule has 0 aliphatic rings. The van der Waals surface area contributed by atoms with Crippen molar-refractivity contribution in [2.75, 3.05) is 7.11 Å². The highest BCUT2D eigenvalue weighted by Gasteiger charge is 2.26. The van der Waals surface area contributed by atoms with E-state index in [0.717, 1.165) is 22.9 Å². The molecule has 0 N–H and O–H groups in total. The third kappa shape index (κ3) is 3.29. The van der Waals surface area contributed by atoms with Crippen molar-refractivity contribution in [3.63, 3.8) is 0 Å². The summed E-state index contributed by atoms with van der Waals surface area (Å²) < 4.78 is 15.7. The van der Waals surface area contributed by atoms with E-state index in [2.05, 4.69) is 10.2 Å². The fourth-order valence-electron chi connectivity index (χ4n) is 2.06. The van der Waals surface area contributed by atoms with Crippen LogP contribution in [0.4, 0.5) is 0 Å². The van der Waals surface area contributed by atoms with Gasteiger partial charge in [-0.15, -0.1) is 10.2 Å². The number of benzene rings is 1. The molecular weight excluding hydrogens is 316 g/mol. The van der Waals surface area contributed by atoms with E-state index in [1.54, 1.807) is 12.3 Å². The van der Waals surface area contributed by atoms with Crippen LogP contribution in [0.25, 0.3) is 11.5 Å². The summed E-state index contributed by atoms with van der Waals surface area (Å²) in [5.41, 5.74) is 1.54. The predicted molar refractivity (Wildman–Crippen MR) is 83.8 cm³/mol. The predicted octanol–water partition coefficient (Wildman–Crippen LogP) is 3.64. The number of esters is 1. The van der Waals surface area contributed by atoms with Gasteiger partial charge >= 0.3 is 5.97 Å². The topological polar surface area (TPSA) is 78.4 Å². The Labute approximate surface area is 136 Å². The molecule has 0 aliphatic heterocycles. The Hall–Kier alpha value is -2.54. The number of nitrogens with zero attached hydrogens (tertiary/aromatic N) is 2.